The number of carbonyl (C=O) groups excluding carboxylic acids is 1. The van der Waals surface area contributed by atoms with Crippen LogP contribution in [0.2, 0.25) is 0 Å². The number of carbonyl (C=O) groups is 1. The number of benzene rings is 2. The molecule has 2 atom stereocenters. The molecular formula is C27H25N3OS. The van der Waals surface area contributed by atoms with Crippen LogP contribution in [0.5, 0.6) is 0 Å². The van der Waals surface area contributed by atoms with Gasteiger partial charge in [-0.2, -0.15) is 5.26 Å². The molecule has 0 radical (unpaired) electrons. The number of nitriles is 1. The number of amides is 1. The normalized spacial score (nSPS) is 17.9. The lowest BCUT2D eigenvalue weighted by Gasteiger charge is -2.26. The van der Waals surface area contributed by atoms with Crippen molar-refractivity contribution in [3.05, 3.63) is 88.6 Å². The number of aromatic nitrogens is 1. The molecule has 3 aromatic rings. The zero-order valence-electron chi connectivity index (χ0n) is 18.1. The molecule has 160 valence electrons. The Balaban J connectivity index is 1.35. The van der Waals surface area contributed by atoms with Crippen molar-refractivity contribution in [1.82, 2.24) is 4.98 Å². The van der Waals surface area contributed by atoms with Gasteiger partial charge in [-0.3, -0.25) is 4.79 Å². The van der Waals surface area contributed by atoms with E-state index in [4.69, 9.17) is 4.98 Å². The van der Waals surface area contributed by atoms with Crippen molar-refractivity contribution in [3.63, 3.8) is 0 Å². The van der Waals surface area contributed by atoms with Gasteiger partial charge in [0, 0.05) is 17.9 Å². The molecule has 0 N–H and O–H groups in total. The minimum absolute atomic E-state index is 0.0764. The summed E-state index contributed by atoms with van der Waals surface area (Å²) in [6.45, 7) is 2.63. The van der Waals surface area contributed by atoms with Crippen molar-refractivity contribution in [3.8, 4) is 6.07 Å². The van der Waals surface area contributed by atoms with Crippen LogP contribution in [-0.2, 0) is 24.1 Å². The van der Waals surface area contributed by atoms with Crippen LogP contribution in [0.4, 0.5) is 5.69 Å². The third-order valence-corrected chi connectivity index (χ3v) is 7.62. The van der Waals surface area contributed by atoms with Gasteiger partial charge in [-0.05, 0) is 67.3 Å². The lowest BCUT2D eigenvalue weighted by molar-refractivity contribution is -0.117. The van der Waals surface area contributed by atoms with Crippen LogP contribution in [0.3, 0.4) is 0 Å². The largest absolute Gasteiger partial charge is 0.311 e. The van der Waals surface area contributed by atoms with Gasteiger partial charge in [0.2, 0.25) is 5.91 Å². The monoisotopic (exact) mass is 439 g/mol. The van der Waals surface area contributed by atoms with Crippen LogP contribution in [0.25, 0.3) is 0 Å². The first kappa shape index (κ1) is 20.8. The number of thioether (sulfide) groups is 1. The van der Waals surface area contributed by atoms with Crippen LogP contribution < -0.4 is 4.90 Å². The number of fused-ring (bicyclic) bond motifs is 2. The highest BCUT2D eigenvalue weighted by atomic mass is 32.2. The van der Waals surface area contributed by atoms with E-state index in [1.807, 2.05) is 42.2 Å². The molecular weight excluding hydrogens is 414 g/mol. The topological polar surface area (TPSA) is 57.0 Å². The maximum atomic E-state index is 13.2. The number of para-hydroxylation sites is 1. The number of hydrogen-bond donors (Lipinski definition) is 0. The molecule has 5 rings (SSSR count). The van der Waals surface area contributed by atoms with E-state index in [9.17, 15) is 10.1 Å². The highest BCUT2D eigenvalue weighted by molar-refractivity contribution is 8.00. The minimum atomic E-state index is -0.306. The first-order valence-corrected chi connectivity index (χ1v) is 12.1. The Hall–Kier alpha value is -3.10. The van der Waals surface area contributed by atoms with Crippen LogP contribution in [0.1, 0.15) is 47.2 Å². The molecule has 0 fully saturated rings. The van der Waals surface area contributed by atoms with E-state index in [1.54, 1.807) is 0 Å². The first-order valence-electron chi connectivity index (χ1n) is 11.2. The fourth-order valence-electron chi connectivity index (χ4n) is 4.83. The Labute approximate surface area is 193 Å². The fraction of sp³-hybridized carbons (Fsp3) is 0.296. The van der Waals surface area contributed by atoms with Gasteiger partial charge < -0.3 is 4.90 Å². The summed E-state index contributed by atoms with van der Waals surface area (Å²) < 4.78 is 0. The smallest absolute Gasteiger partial charge is 0.240 e. The van der Waals surface area contributed by atoms with E-state index in [0.717, 1.165) is 37.1 Å². The Morgan fingerprint density at radius 3 is 2.72 bits per heavy atom. The second-order valence-corrected chi connectivity index (χ2v) is 9.87. The molecule has 5 heteroatoms. The molecule has 2 aromatic carbocycles. The van der Waals surface area contributed by atoms with Crippen LogP contribution in [-0.4, -0.2) is 22.7 Å². The summed E-state index contributed by atoms with van der Waals surface area (Å²) in [5.74, 6) is 0.541. The van der Waals surface area contributed by atoms with Gasteiger partial charge >= 0.3 is 0 Å². The zero-order valence-corrected chi connectivity index (χ0v) is 18.9. The second-order valence-electron chi connectivity index (χ2n) is 8.54. The summed E-state index contributed by atoms with van der Waals surface area (Å²) in [6.07, 6.45) is 3.75. The summed E-state index contributed by atoms with van der Waals surface area (Å²) in [7, 11) is 0. The molecule has 4 nitrogen and oxygen atoms in total. The van der Waals surface area contributed by atoms with Gasteiger partial charge in [0.1, 0.15) is 11.1 Å². The maximum absolute atomic E-state index is 13.2. The molecule has 2 aliphatic rings. The number of anilines is 1. The number of pyridine rings is 1. The highest BCUT2D eigenvalue weighted by Gasteiger charge is 2.30. The van der Waals surface area contributed by atoms with Gasteiger partial charge in [0.15, 0.2) is 0 Å². The number of nitrogens with zero attached hydrogens (tertiary/aromatic N) is 3. The van der Waals surface area contributed by atoms with Crippen molar-refractivity contribution >= 4 is 23.4 Å². The summed E-state index contributed by atoms with van der Waals surface area (Å²) in [5, 5.41) is 10.2. The average Bonchev–Trinajstić information content (AvgIpc) is 3.27. The van der Waals surface area contributed by atoms with Gasteiger partial charge in [0.25, 0.3) is 0 Å². The lowest BCUT2D eigenvalue weighted by atomic mass is 9.82. The van der Waals surface area contributed by atoms with Crippen molar-refractivity contribution in [2.75, 3.05) is 11.4 Å². The molecule has 1 amide bonds. The van der Waals surface area contributed by atoms with Crippen LogP contribution >= 0.6 is 11.8 Å². The predicted octanol–water partition coefficient (Wildman–Crippen LogP) is 5.30. The zero-order chi connectivity index (χ0) is 22.1. The molecule has 0 saturated carbocycles. The quantitative estimate of drug-likeness (QED) is 0.518. The molecule has 32 heavy (non-hydrogen) atoms. The first-order chi connectivity index (χ1) is 15.6. The fourth-order valence-corrected chi connectivity index (χ4v) is 5.79. The minimum Gasteiger partial charge on any atom is -0.311 e. The van der Waals surface area contributed by atoms with E-state index in [0.29, 0.717) is 23.1 Å². The summed E-state index contributed by atoms with van der Waals surface area (Å²) in [5.41, 5.74) is 6.39. The Morgan fingerprint density at radius 2 is 1.91 bits per heavy atom. The van der Waals surface area contributed by atoms with Crippen LogP contribution in [0, 0.1) is 11.3 Å². The maximum Gasteiger partial charge on any atom is 0.240 e. The molecule has 1 aliphatic carbocycles. The molecule has 1 aliphatic heterocycles. The third kappa shape index (κ3) is 3.91. The lowest BCUT2D eigenvalue weighted by Crippen LogP contribution is -2.35. The Bertz CT molecular complexity index is 1200. The van der Waals surface area contributed by atoms with Gasteiger partial charge in [-0.25, -0.2) is 4.98 Å². The molecule has 2 unspecified atom stereocenters. The molecule has 0 bridgehead atoms. The summed E-state index contributed by atoms with van der Waals surface area (Å²) >= 11 is 1.41. The van der Waals surface area contributed by atoms with Gasteiger partial charge in [-0.1, -0.05) is 60.3 Å². The SMILES string of the molecule is CC(Sc1nc2c(cc1C#N)CC(c1ccccc1)CC2)C(=O)N1CCc2ccccc21. The van der Waals surface area contributed by atoms with Crippen LogP contribution in [0.15, 0.2) is 65.7 Å². The van der Waals surface area contributed by atoms with Crippen molar-refractivity contribution in [2.45, 2.75) is 48.8 Å². The molecule has 1 aromatic heterocycles. The average molecular weight is 440 g/mol. The van der Waals surface area contributed by atoms with E-state index < -0.39 is 0 Å². The summed E-state index contributed by atoms with van der Waals surface area (Å²) in [4.78, 5) is 19.9. The van der Waals surface area contributed by atoms with Crippen molar-refractivity contribution < 1.29 is 4.79 Å². The Kier molecular flexibility index (Phi) is 5.71. The van der Waals surface area contributed by atoms with E-state index in [1.165, 1.54) is 28.5 Å². The Morgan fingerprint density at radius 1 is 1.12 bits per heavy atom. The number of rotatable bonds is 4. The number of aryl methyl sites for hydroxylation is 1. The standard InChI is InChI=1S/C27H25N3OS/c1-18(27(31)30-14-13-20-9-5-6-10-25(20)30)32-26-23(17-28)16-22-15-21(11-12-24(22)29-26)19-7-3-2-4-8-19/h2-10,16,18,21H,11-15H2,1H3. The second kappa shape index (κ2) is 8.80. The predicted molar refractivity (Wildman–Crippen MR) is 128 cm³/mol. The molecule has 0 saturated heterocycles. The van der Waals surface area contributed by atoms with E-state index in [-0.39, 0.29) is 11.2 Å². The van der Waals surface area contributed by atoms with E-state index >= 15 is 0 Å². The number of hydrogen-bond acceptors (Lipinski definition) is 4. The molecule has 2 heterocycles. The van der Waals surface area contributed by atoms with Gasteiger partial charge in [-0.15, -0.1) is 0 Å². The third-order valence-electron chi connectivity index (χ3n) is 6.53. The molecule has 0 spiro atoms. The highest BCUT2D eigenvalue weighted by Crippen LogP contribution is 2.36. The summed E-state index contributed by atoms with van der Waals surface area (Å²) in [6, 6.07) is 23.0. The van der Waals surface area contributed by atoms with Crippen molar-refractivity contribution in [2.24, 2.45) is 0 Å². The van der Waals surface area contributed by atoms with Crippen molar-refractivity contribution in [1.29, 1.82) is 5.26 Å². The van der Waals surface area contributed by atoms with E-state index in [2.05, 4.69) is 36.4 Å². The van der Waals surface area contributed by atoms with Gasteiger partial charge in [0.05, 0.1) is 10.8 Å².